The Morgan fingerprint density at radius 3 is 3.00 bits per heavy atom. The SMILES string of the molecule is O=C(CCc1nccs1)N1CCC(N2CCNCC2)C1. The summed E-state index contributed by atoms with van der Waals surface area (Å²) in [4.78, 5) is 21.1. The van der Waals surface area contributed by atoms with Crippen LogP contribution in [0.2, 0.25) is 0 Å². The zero-order valence-corrected chi connectivity index (χ0v) is 12.6. The van der Waals surface area contributed by atoms with Gasteiger partial charge in [-0.2, -0.15) is 0 Å². The first-order valence-electron chi connectivity index (χ1n) is 7.44. The summed E-state index contributed by atoms with van der Waals surface area (Å²) in [6.45, 7) is 6.22. The number of piperazine rings is 1. The summed E-state index contributed by atoms with van der Waals surface area (Å²) in [5, 5.41) is 6.41. The second-order valence-electron chi connectivity index (χ2n) is 5.49. The lowest BCUT2D eigenvalue weighted by Gasteiger charge is -2.32. The number of rotatable bonds is 4. The average Bonchev–Trinajstić information content (AvgIpc) is 3.17. The lowest BCUT2D eigenvalue weighted by molar-refractivity contribution is -0.130. The maximum Gasteiger partial charge on any atom is 0.223 e. The first-order valence-corrected chi connectivity index (χ1v) is 8.32. The van der Waals surface area contributed by atoms with Crippen LogP contribution in [0, 0.1) is 0 Å². The van der Waals surface area contributed by atoms with Gasteiger partial charge in [0.2, 0.25) is 5.91 Å². The Morgan fingerprint density at radius 2 is 2.25 bits per heavy atom. The highest BCUT2D eigenvalue weighted by Gasteiger charge is 2.30. The smallest absolute Gasteiger partial charge is 0.223 e. The van der Waals surface area contributed by atoms with Crippen molar-refractivity contribution in [1.29, 1.82) is 0 Å². The molecule has 0 saturated carbocycles. The van der Waals surface area contributed by atoms with E-state index in [0.29, 0.717) is 12.5 Å². The lowest BCUT2D eigenvalue weighted by Crippen LogP contribution is -2.49. The van der Waals surface area contributed by atoms with Gasteiger partial charge in [0.1, 0.15) is 0 Å². The van der Waals surface area contributed by atoms with Crippen molar-refractivity contribution in [1.82, 2.24) is 20.1 Å². The molecule has 1 amide bonds. The standard InChI is InChI=1S/C14H22N4OS/c19-14(2-1-13-16-6-10-20-13)18-7-3-12(11-18)17-8-4-15-5-9-17/h6,10,12,15H,1-5,7-9,11H2. The molecule has 2 saturated heterocycles. The molecule has 20 heavy (non-hydrogen) atoms. The van der Waals surface area contributed by atoms with E-state index in [1.807, 2.05) is 10.3 Å². The molecule has 110 valence electrons. The molecule has 3 rings (SSSR count). The van der Waals surface area contributed by atoms with E-state index < -0.39 is 0 Å². The molecule has 1 aromatic heterocycles. The van der Waals surface area contributed by atoms with Gasteiger partial charge < -0.3 is 10.2 Å². The van der Waals surface area contributed by atoms with Crippen molar-refractivity contribution in [2.24, 2.45) is 0 Å². The topological polar surface area (TPSA) is 48.5 Å². The van der Waals surface area contributed by atoms with Crippen LogP contribution in [0.1, 0.15) is 17.8 Å². The molecule has 0 aliphatic carbocycles. The molecule has 1 N–H and O–H groups in total. The Hall–Kier alpha value is -0.980. The number of aromatic nitrogens is 1. The van der Waals surface area contributed by atoms with Gasteiger partial charge in [-0.25, -0.2) is 4.98 Å². The number of thiazole rings is 1. The predicted molar refractivity (Wildman–Crippen MR) is 79.9 cm³/mol. The fraction of sp³-hybridized carbons (Fsp3) is 0.714. The highest BCUT2D eigenvalue weighted by atomic mass is 32.1. The minimum absolute atomic E-state index is 0.290. The first-order chi connectivity index (χ1) is 9.83. The minimum Gasteiger partial charge on any atom is -0.341 e. The highest BCUT2D eigenvalue weighted by molar-refractivity contribution is 7.09. The summed E-state index contributed by atoms with van der Waals surface area (Å²) >= 11 is 1.63. The Labute approximate surface area is 124 Å². The Balaban J connectivity index is 1.45. The first kappa shape index (κ1) is 14.0. The van der Waals surface area contributed by atoms with E-state index in [9.17, 15) is 4.79 Å². The molecule has 2 aliphatic heterocycles. The number of nitrogens with zero attached hydrogens (tertiary/aromatic N) is 3. The fourth-order valence-corrected chi connectivity index (χ4v) is 3.68. The minimum atomic E-state index is 0.290. The van der Waals surface area contributed by atoms with Crippen molar-refractivity contribution in [3.63, 3.8) is 0 Å². The molecule has 1 atom stereocenters. The number of nitrogens with one attached hydrogen (secondary N) is 1. The average molecular weight is 294 g/mol. The maximum atomic E-state index is 12.2. The molecule has 0 bridgehead atoms. The van der Waals surface area contributed by atoms with E-state index in [-0.39, 0.29) is 5.91 Å². The van der Waals surface area contributed by atoms with Gasteiger partial charge in [-0.05, 0) is 6.42 Å². The van der Waals surface area contributed by atoms with E-state index in [4.69, 9.17) is 0 Å². The van der Waals surface area contributed by atoms with Gasteiger partial charge in [-0.3, -0.25) is 9.69 Å². The van der Waals surface area contributed by atoms with Crippen LogP contribution >= 0.6 is 11.3 Å². The normalized spacial score (nSPS) is 24.2. The molecule has 2 aliphatic rings. The summed E-state index contributed by atoms with van der Waals surface area (Å²) in [5.74, 6) is 0.290. The molecule has 0 aromatic carbocycles. The van der Waals surface area contributed by atoms with E-state index >= 15 is 0 Å². The Kier molecular flexibility index (Phi) is 4.65. The second kappa shape index (κ2) is 6.65. The van der Waals surface area contributed by atoms with Gasteiger partial charge in [0.25, 0.3) is 0 Å². The van der Waals surface area contributed by atoms with Gasteiger partial charge in [0.05, 0.1) is 5.01 Å². The number of hydrogen-bond donors (Lipinski definition) is 1. The summed E-state index contributed by atoms with van der Waals surface area (Å²) in [5.41, 5.74) is 0. The fourth-order valence-electron chi connectivity index (χ4n) is 3.06. The predicted octanol–water partition coefficient (Wildman–Crippen LogP) is 0.582. The van der Waals surface area contributed by atoms with E-state index in [0.717, 1.165) is 57.1 Å². The van der Waals surface area contributed by atoms with Crippen molar-refractivity contribution in [3.05, 3.63) is 16.6 Å². The molecule has 0 spiro atoms. The van der Waals surface area contributed by atoms with Gasteiger partial charge in [0, 0.05) is 69.7 Å². The van der Waals surface area contributed by atoms with Crippen LogP contribution < -0.4 is 5.32 Å². The molecule has 5 nitrogen and oxygen atoms in total. The van der Waals surface area contributed by atoms with E-state index in [1.165, 1.54) is 0 Å². The van der Waals surface area contributed by atoms with Crippen molar-refractivity contribution in [2.75, 3.05) is 39.3 Å². The van der Waals surface area contributed by atoms with Crippen LogP contribution in [0.25, 0.3) is 0 Å². The van der Waals surface area contributed by atoms with Crippen molar-refractivity contribution in [3.8, 4) is 0 Å². The van der Waals surface area contributed by atoms with Crippen molar-refractivity contribution in [2.45, 2.75) is 25.3 Å². The third-order valence-electron chi connectivity index (χ3n) is 4.22. The molecule has 1 unspecified atom stereocenters. The molecule has 3 heterocycles. The van der Waals surface area contributed by atoms with Crippen LogP contribution in [0.3, 0.4) is 0 Å². The van der Waals surface area contributed by atoms with Crippen LogP contribution in [0.4, 0.5) is 0 Å². The van der Waals surface area contributed by atoms with Gasteiger partial charge in [-0.15, -0.1) is 11.3 Å². The zero-order chi connectivity index (χ0) is 13.8. The molecule has 6 heteroatoms. The van der Waals surface area contributed by atoms with Gasteiger partial charge >= 0.3 is 0 Å². The van der Waals surface area contributed by atoms with Crippen LogP contribution in [-0.4, -0.2) is 66.0 Å². The van der Waals surface area contributed by atoms with Gasteiger partial charge in [0.15, 0.2) is 0 Å². The van der Waals surface area contributed by atoms with Crippen molar-refractivity contribution >= 4 is 17.2 Å². The van der Waals surface area contributed by atoms with Crippen LogP contribution in [-0.2, 0) is 11.2 Å². The zero-order valence-electron chi connectivity index (χ0n) is 11.8. The third-order valence-corrected chi connectivity index (χ3v) is 5.06. The third kappa shape index (κ3) is 3.37. The summed E-state index contributed by atoms with van der Waals surface area (Å²) in [7, 11) is 0. The monoisotopic (exact) mass is 294 g/mol. The summed E-state index contributed by atoms with van der Waals surface area (Å²) in [6.07, 6.45) is 4.32. The summed E-state index contributed by atoms with van der Waals surface area (Å²) < 4.78 is 0. The number of hydrogen-bond acceptors (Lipinski definition) is 5. The highest BCUT2D eigenvalue weighted by Crippen LogP contribution is 2.18. The Bertz CT molecular complexity index is 430. The van der Waals surface area contributed by atoms with Crippen LogP contribution in [0.15, 0.2) is 11.6 Å². The van der Waals surface area contributed by atoms with E-state index in [1.54, 1.807) is 17.5 Å². The number of carbonyl (C=O) groups is 1. The maximum absolute atomic E-state index is 12.2. The van der Waals surface area contributed by atoms with Crippen molar-refractivity contribution < 1.29 is 4.79 Å². The second-order valence-corrected chi connectivity index (χ2v) is 6.47. The summed E-state index contributed by atoms with van der Waals surface area (Å²) in [6, 6.07) is 0.570. The molecule has 2 fully saturated rings. The molecular formula is C14H22N4OS. The lowest BCUT2D eigenvalue weighted by atomic mass is 10.2. The largest absolute Gasteiger partial charge is 0.341 e. The molecule has 1 aromatic rings. The van der Waals surface area contributed by atoms with Gasteiger partial charge in [-0.1, -0.05) is 0 Å². The quantitative estimate of drug-likeness (QED) is 0.882. The Morgan fingerprint density at radius 1 is 1.40 bits per heavy atom. The number of amides is 1. The number of carbonyl (C=O) groups excluding carboxylic acids is 1. The molecular weight excluding hydrogens is 272 g/mol. The van der Waals surface area contributed by atoms with Crippen LogP contribution in [0.5, 0.6) is 0 Å². The molecule has 0 radical (unpaired) electrons. The van der Waals surface area contributed by atoms with E-state index in [2.05, 4.69) is 15.2 Å². The number of aryl methyl sites for hydroxylation is 1. The number of likely N-dealkylation sites (tertiary alicyclic amines) is 1.